The number of methoxy groups -OCH3 is 1. The Morgan fingerprint density at radius 1 is 1.16 bits per heavy atom. The van der Waals surface area contributed by atoms with Crippen molar-refractivity contribution >= 4 is 11.6 Å². The number of hydrogen-bond donors (Lipinski definition) is 0. The molecule has 3 aromatic rings. The van der Waals surface area contributed by atoms with E-state index >= 15 is 0 Å². The molecule has 1 saturated heterocycles. The summed E-state index contributed by atoms with van der Waals surface area (Å²) in [5, 5.41) is 4.01. The highest BCUT2D eigenvalue weighted by molar-refractivity contribution is 5.96. The molecular weight excluding hydrogens is 408 g/mol. The number of aromatic nitrogens is 2. The molecule has 1 fully saturated rings. The third-order valence-electron chi connectivity index (χ3n) is 4.90. The van der Waals surface area contributed by atoms with Gasteiger partial charge >= 0.3 is 0 Å². The molecule has 1 aromatic heterocycles. The van der Waals surface area contributed by atoms with Crippen LogP contribution >= 0.6 is 0 Å². The summed E-state index contributed by atoms with van der Waals surface area (Å²) in [5.74, 6) is -0.353. The van der Waals surface area contributed by atoms with Crippen LogP contribution in [0.4, 0.5) is 14.5 Å². The summed E-state index contributed by atoms with van der Waals surface area (Å²) in [6, 6.07) is 8.28. The molecule has 162 valence electrons. The fourth-order valence-electron chi connectivity index (χ4n) is 3.47. The molecule has 0 spiro atoms. The maximum atomic E-state index is 14.1. The van der Waals surface area contributed by atoms with Gasteiger partial charge in [-0.05, 0) is 44.2 Å². The van der Waals surface area contributed by atoms with Gasteiger partial charge in [0.05, 0.1) is 24.8 Å². The first-order chi connectivity index (χ1) is 14.9. The van der Waals surface area contributed by atoms with Crippen LogP contribution in [0.5, 0.6) is 11.5 Å². The van der Waals surface area contributed by atoms with Gasteiger partial charge < -0.3 is 18.9 Å². The van der Waals surface area contributed by atoms with Crippen molar-refractivity contribution in [3.8, 4) is 22.9 Å². The quantitative estimate of drug-likeness (QED) is 0.580. The number of rotatable bonds is 6. The average molecular weight is 429 g/mol. The van der Waals surface area contributed by atoms with Gasteiger partial charge in [-0.25, -0.2) is 8.78 Å². The predicted molar refractivity (Wildman–Crippen MR) is 108 cm³/mol. The van der Waals surface area contributed by atoms with E-state index < -0.39 is 17.6 Å². The van der Waals surface area contributed by atoms with Crippen molar-refractivity contribution in [3.05, 3.63) is 53.9 Å². The van der Waals surface area contributed by atoms with Gasteiger partial charge in [0.1, 0.15) is 11.6 Å². The van der Waals surface area contributed by atoms with Gasteiger partial charge in [0.15, 0.2) is 11.5 Å². The average Bonchev–Trinajstić information content (AvgIpc) is 3.37. The molecule has 0 N–H and O–H groups in total. The standard InChI is InChI=1S/C22H21F2N3O4/c1-12(2)30-18-7-4-13(8-19(18)29-3)21-25-22(31-26-21)14-9-20(28)27(11-14)17-10-15(23)5-6-16(17)24/h4-8,10,12,14H,9,11H2,1-3H3. The third-order valence-corrected chi connectivity index (χ3v) is 4.90. The number of nitrogens with zero attached hydrogens (tertiary/aromatic N) is 3. The lowest BCUT2D eigenvalue weighted by molar-refractivity contribution is -0.117. The van der Waals surface area contributed by atoms with E-state index in [0.717, 1.165) is 18.2 Å². The van der Waals surface area contributed by atoms with E-state index in [0.29, 0.717) is 22.9 Å². The maximum absolute atomic E-state index is 14.1. The Morgan fingerprint density at radius 3 is 2.71 bits per heavy atom. The fourth-order valence-corrected chi connectivity index (χ4v) is 3.47. The minimum Gasteiger partial charge on any atom is -0.493 e. The van der Waals surface area contributed by atoms with E-state index in [-0.39, 0.29) is 36.6 Å². The number of benzene rings is 2. The summed E-state index contributed by atoms with van der Waals surface area (Å²) in [7, 11) is 1.54. The van der Waals surface area contributed by atoms with E-state index in [1.807, 2.05) is 13.8 Å². The molecule has 0 saturated carbocycles. The molecule has 31 heavy (non-hydrogen) atoms. The molecule has 1 unspecified atom stereocenters. The molecule has 1 aliphatic heterocycles. The molecule has 2 heterocycles. The van der Waals surface area contributed by atoms with Crippen molar-refractivity contribution in [1.29, 1.82) is 0 Å². The topological polar surface area (TPSA) is 77.7 Å². The zero-order valence-electron chi connectivity index (χ0n) is 17.3. The Hall–Kier alpha value is -3.49. The monoisotopic (exact) mass is 429 g/mol. The smallest absolute Gasteiger partial charge is 0.232 e. The third kappa shape index (κ3) is 4.21. The molecule has 2 aromatic carbocycles. The largest absolute Gasteiger partial charge is 0.493 e. The van der Waals surface area contributed by atoms with Crippen LogP contribution in [0.25, 0.3) is 11.4 Å². The zero-order valence-corrected chi connectivity index (χ0v) is 17.3. The lowest BCUT2D eigenvalue weighted by atomic mass is 10.1. The highest BCUT2D eigenvalue weighted by Crippen LogP contribution is 2.35. The number of carbonyl (C=O) groups excluding carboxylic acids is 1. The summed E-state index contributed by atoms with van der Waals surface area (Å²) >= 11 is 0. The van der Waals surface area contributed by atoms with Crippen molar-refractivity contribution in [2.45, 2.75) is 32.3 Å². The van der Waals surface area contributed by atoms with Crippen LogP contribution in [0.15, 0.2) is 40.9 Å². The number of anilines is 1. The second-order valence-corrected chi connectivity index (χ2v) is 7.49. The summed E-state index contributed by atoms with van der Waals surface area (Å²) in [5.41, 5.74) is 0.554. The Kier molecular flexibility index (Phi) is 5.58. The first-order valence-electron chi connectivity index (χ1n) is 9.79. The minimum absolute atomic E-state index is 0.0118. The first-order valence-corrected chi connectivity index (χ1v) is 9.79. The number of carbonyl (C=O) groups is 1. The van der Waals surface area contributed by atoms with Crippen molar-refractivity contribution in [3.63, 3.8) is 0 Å². The summed E-state index contributed by atoms with van der Waals surface area (Å²) < 4.78 is 44.1. The fraction of sp³-hybridized carbons (Fsp3) is 0.318. The summed E-state index contributed by atoms with van der Waals surface area (Å²) in [4.78, 5) is 18.0. The molecular formula is C22H21F2N3O4. The van der Waals surface area contributed by atoms with E-state index in [9.17, 15) is 13.6 Å². The molecule has 0 radical (unpaired) electrons. The minimum atomic E-state index is -0.669. The van der Waals surface area contributed by atoms with Crippen LogP contribution in [-0.2, 0) is 4.79 Å². The van der Waals surface area contributed by atoms with Crippen molar-refractivity contribution < 1.29 is 27.6 Å². The summed E-state index contributed by atoms with van der Waals surface area (Å²) in [6.45, 7) is 3.95. The van der Waals surface area contributed by atoms with E-state index in [1.54, 1.807) is 18.2 Å². The first kappa shape index (κ1) is 20.8. The molecule has 1 atom stereocenters. The number of hydrogen-bond acceptors (Lipinski definition) is 6. The second-order valence-electron chi connectivity index (χ2n) is 7.49. The molecule has 9 heteroatoms. The van der Waals surface area contributed by atoms with Gasteiger partial charge in [0.2, 0.25) is 17.6 Å². The van der Waals surface area contributed by atoms with Crippen molar-refractivity contribution in [2.24, 2.45) is 0 Å². The Balaban J connectivity index is 1.55. The molecule has 0 bridgehead atoms. The van der Waals surface area contributed by atoms with Gasteiger partial charge in [-0.3, -0.25) is 4.79 Å². The Bertz CT molecular complexity index is 1120. The van der Waals surface area contributed by atoms with E-state index in [4.69, 9.17) is 14.0 Å². The van der Waals surface area contributed by atoms with Crippen LogP contribution in [0.2, 0.25) is 0 Å². The van der Waals surface area contributed by atoms with Crippen LogP contribution in [0, 0.1) is 11.6 Å². The lowest BCUT2D eigenvalue weighted by Gasteiger charge is -2.16. The number of halogens is 2. The number of amides is 1. The van der Waals surface area contributed by atoms with Crippen LogP contribution in [-0.4, -0.2) is 35.8 Å². The highest BCUT2D eigenvalue weighted by atomic mass is 19.1. The second kappa shape index (κ2) is 8.33. The van der Waals surface area contributed by atoms with Gasteiger partial charge in [0, 0.05) is 24.6 Å². The predicted octanol–water partition coefficient (Wildman–Crippen LogP) is 4.33. The molecule has 0 aliphatic carbocycles. The molecule has 1 aliphatic rings. The van der Waals surface area contributed by atoms with Gasteiger partial charge in [-0.1, -0.05) is 5.16 Å². The molecule has 1 amide bonds. The Morgan fingerprint density at radius 2 is 1.97 bits per heavy atom. The number of ether oxygens (including phenoxy) is 2. The zero-order chi connectivity index (χ0) is 22.1. The summed E-state index contributed by atoms with van der Waals surface area (Å²) in [6.07, 6.45) is 0.0459. The SMILES string of the molecule is COc1cc(-c2noc(C3CC(=O)N(c4cc(F)ccc4F)C3)n2)ccc1OC(C)C. The van der Waals surface area contributed by atoms with Crippen LogP contribution in [0.1, 0.15) is 32.1 Å². The molecule has 7 nitrogen and oxygen atoms in total. The molecule has 4 rings (SSSR count). The van der Waals surface area contributed by atoms with Crippen molar-refractivity contribution in [1.82, 2.24) is 10.1 Å². The van der Waals surface area contributed by atoms with Gasteiger partial charge in [-0.2, -0.15) is 4.98 Å². The maximum Gasteiger partial charge on any atom is 0.232 e. The van der Waals surface area contributed by atoms with Crippen molar-refractivity contribution in [2.75, 3.05) is 18.6 Å². The Labute approximate surface area is 177 Å². The van der Waals surface area contributed by atoms with E-state index in [1.165, 1.54) is 12.0 Å². The highest BCUT2D eigenvalue weighted by Gasteiger charge is 2.36. The van der Waals surface area contributed by atoms with Gasteiger partial charge in [-0.15, -0.1) is 0 Å². The van der Waals surface area contributed by atoms with Crippen LogP contribution in [0.3, 0.4) is 0 Å². The van der Waals surface area contributed by atoms with E-state index in [2.05, 4.69) is 10.1 Å². The van der Waals surface area contributed by atoms with Gasteiger partial charge in [0.25, 0.3) is 0 Å². The van der Waals surface area contributed by atoms with Crippen LogP contribution < -0.4 is 14.4 Å². The normalized spacial score (nSPS) is 16.3. The lowest BCUT2D eigenvalue weighted by Crippen LogP contribution is -2.25.